The molecule has 0 aromatic heterocycles. The molecule has 6 aromatic rings. The highest BCUT2D eigenvalue weighted by Crippen LogP contribution is 2.32. The molecule has 6 aromatic carbocycles. The number of sulfone groups is 6. The molecule has 0 N–H and O–H groups in total. The molecule has 0 spiro atoms. The number of benzene rings is 6. The molecule has 0 aliphatic rings. The molecule has 326 valence electrons. The second-order valence-corrected chi connectivity index (χ2v) is 27.4. The second kappa shape index (κ2) is 16.6. The average Bonchev–Trinajstić information content (AvgIpc) is 3.20. The maximum atomic E-state index is 14.0. The van der Waals surface area contributed by atoms with E-state index in [4.69, 9.17) is 0 Å². The van der Waals surface area contributed by atoms with E-state index in [1.807, 2.05) is 6.92 Å². The first-order chi connectivity index (χ1) is 28.6. The summed E-state index contributed by atoms with van der Waals surface area (Å²) in [5.41, 5.74) is 1.33. The Morgan fingerprint density at radius 3 is 1.02 bits per heavy atom. The molecular weight excluding hydrogens is 915 g/mol. The molecule has 0 bridgehead atoms. The Kier molecular flexibility index (Phi) is 12.4. The number of quaternary nitrogens is 1. The third kappa shape index (κ3) is 9.78. The quantitative estimate of drug-likeness (QED) is 0.117. The van der Waals surface area contributed by atoms with Crippen molar-refractivity contribution in [3.63, 3.8) is 0 Å². The number of aryl methyl sites for hydroxylation is 1. The van der Waals surface area contributed by atoms with Gasteiger partial charge in [0.05, 0.1) is 75.9 Å². The summed E-state index contributed by atoms with van der Waals surface area (Å²) in [6.45, 7) is 1.93. The third-order valence-electron chi connectivity index (χ3n) is 9.69. The van der Waals surface area contributed by atoms with Crippen molar-refractivity contribution in [1.29, 1.82) is 0 Å². The fourth-order valence-corrected chi connectivity index (χ4v) is 13.8. The van der Waals surface area contributed by atoms with E-state index in [1.54, 1.807) is 33.3 Å². The monoisotopic (exact) mass is 956 g/mol. The van der Waals surface area contributed by atoms with Crippen molar-refractivity contribution >= 4 is 59.0 Å². The summed E-state index contributed by atoms with van der Waals surface area (Å²) in [4.78, 5) is -1.44. The molecule has 0 radical (unpaired) electrons. The molecule has 0 amide bonds. The summed E-state index contributed by atoms with van der Waals surface area (Å²) in [5, 5.41) is 0. The van der Waals surface area contributed by atoms with Crippen LogP contribution in [0.5, 0.6) is 0 Å². The maximum Gasteiger partial charge on any atom is 0.206 e. The van der Waals surface area contributed by atoms with Crippen LogP contribution < -0.4 is 0 Å². The van der Waals surface area contributed by atoms with Gasteiger partial charge in [-0.3, -0.25) is 0 Å². The maximum absolute atomic E-state index is 14.0. The van der Waals surface area contributed by atoms with Gasteiger partial charge in [0, 0.05) is 11.8 Å². The summed E-state index contributed by atoms with van der Waals surface area (Å²) in [7, 11) is -18.8. The van der Waals surface area contributed by atoms with Crippen LogP contribution in [-0.2, 0) is 71.3 Å². The van der Waals surface area contributed by atoms with E-state index in [0.29, 0.717) is 0 Å². The van der Waals surface area contributed by atoms with E-state index in [2.05, 4.69) is 0 Å². The van der Waals surface area contributed by atoms with Gasteiger partial charge in [-0.15, -0.1) is 0 Å². The standard InChI is InChI=1S/C43H42NO12S6/c1-31-6-10-35(11-7-31)59(49,50)38-22-24-41(25-23-38)62(55,56)42-26-27-43(33(28-42)29-44(2,3)4)58(47,48)30-32-8-12-36(13-9-32)60(51,52)39-18-20-40(21-19-39)61(53,54)37-16-14-34(15-17-37)57(5,45)46/h6-28H,29-30H2,1-5H3/q+1. The lowest BCUT2D eigenvalue weighted by molar-refractivity contribution is -0.884. The van der Waals surface area contributed by atoms with Crippen LogP contribution >= 0.6 is 0 Å². The van der Waals surface area contributed by atoms with E-state index in [-0.39, 0.29) is 71.1 Å². The minimum absolute atomic E-state index is 0.0561. The van der Waals surface area contributed by atoms with Crippen molar-refractivity contribution in [3.8, 4) is 0 Å². The van der Waals surface area contributed by atoms with Gasteiger partial charge < -0.3 is 4.48 Å². The van der Waals surface area contributed by atoms with E-state index in [0.717, 1.165) is 60.4 Å². The Hall–Kier alpha value is -5.02. The highest BCUT2D eigenvalue weighted by Gasteiger charge is 2.28. The zero-order chi connectivity index (χ0) is 45.7. The minimum Gasteiger partial charge on any atom is -0.327 e. The van der Waals surface area contributed by atoms with Gasteiger partial charge in [0.15, 0.2) is 19.7 Å². The van der Waals surface area contributed by atoms with Crippen molar-refractivity contribution < 1.29 is 55.0 Å². The molecule has 0 heterocycles. The molecule has 0 atom stereocenters. The third-order valence-corrected chi connectivity index (χ3v) is 19.7. The average molecular weight is 957 g/mol. The molecule has 0 unspecified atom stereocenters. The van der Waals surface area contributed by atoms with Crippen molar-refractivity contribution in [1.82, 2.24) is 0 Å². The zero-order valence-corrected chi connectivity index (χ0v) is 38.9. The van der Waals surface area contributed by atoms with Crippen molar-refractivity contribution in [2.45, 2.75) is 68.2 Å². The van der Waals surface area contributed by atoms with E-state index in [9.17, 15) is 50.5 Å². The highest BCUT2D eigenvalue weighted by atomic mass is 32.2. The van der Waals surface area contributed by atoms with Gasteiger partial charge in [0.1, 0.15) is 6.54 Å². The van der Waals surface area contributed by atoms with Crippen LogP contribution in [0, 0.1) is 6.92 Å². The lowest BCUT2D eigenvalue weighted by Crippen LogP contribution is -2.34. The normalized spacial score (nSPS) is 13.2. The molecule has 13 nitrogen and oxygen atoms in total. The summed E-state index contributed by atoms with van der Waals surface area (Å²) in [5.74, 6) is -0.557. The first kappa shape index (κ1) is 46.5. The molecule has 0 saturated carbocycles. The van der Waals surface area contributed by atoms with Gasteiger partial charge in [-0.25, -0.2) is 50.5 Å². The zero-order valence-electron chi connectivity index (χ0n) is 34.0. The topological polar surface area (TPSA) is 205 Å². The van der Waals surface area contributed by atoms with E-state index >= 15 is 0 Å². The fourth-order valence-electron chi connectivity index (χ4n) is 6.45. The van der Waals surface area contributed by atoms with Crippen LogP contribution in [0.15, 0.2) is 188 Å². The van der Waals surface area contributed by atoms with Crippen LogP contribution in [0.25, 0.3) is 0 Å². The van der Waals surface area contributed by atoms with Crippen molar-refractivity contribution in [2.75, 3.05) is 27.4 Å². The Balaban J connectivity index is 1.23. The molecule has 6 rings (SSSR count). The Morgan fingerprint density at radius 1 is 0.387 bits per heavy atom. The Morgan fingerprint density at radius 2 is 0.677 bits per heavy atom. The first-order valence-electron chi connectivity index (χ1n) is 18.4. The van der Waals surface area contributed by atoms with E-state index in [1.165, 1.54) is 78.9 Å². The first-order valence-corrected chi connectivity index (χ1v) is 27.9. The number of hydrogen-bond acceptors (Lipinski definition) is 12. The highest BCUT2D eigenvalue weighted by molar-refractivity contribution is 7.93. The second-order valence-electron chi connectivity index (χ2n) is 15.6. The van der Waals surface area contributed by atoms with Gasteiger partial charge >= 0.3 is 0 Å². The van der Waals surface area contributed by atoms with Crippen LogP contribution in [0.3, 0.4) is 0 Å². The van der Waals surface area contributed by atoms with Crippen LogP contribution in [-0.4, -0.2) is 82.4 Å². The Labute approximate surface area is 363 Å². The smallest absolute Gasteiger partial charge is 0.206 e. The molecule has 0 fully saturated rings. The predicted molar refractivity (Wildman–Crippen MR) is 231 cm³/mol. The molecule has 0 aliphatic carbocycles. The molecule has 19 heteroatoms. The largest absolute Gasteiger partial charge is 0.327 e. The van der Waals surface area contributed by atoms with Gasteiger partial charge in [0.2, 0.25) is 39.3 Å². The minimum atomic E-state index is -4.24. The lowest BCUT2D eigenvalue weighted by Gasteiger charge is -2.25. The SMILES string of the molecule is Cc1ccc(S(=O)(=O)c2ccc(S(=O)(=O)c3ccc(S(=O)(=O)Cc4ccc(S(=O)(=O)c5ccc(S(=O)(=O)c6ccc(S(C)(=O)=O)cc6)cc5)cc4)c(C[N+](C)(C)C)c3)cc2)cc1. The number of hydrogen-bond donors (Lipinski definition) is 0. The molecular formula is C43H42NO12S6+. The van der Waals surface area contributed by atoms with Gasteiger partial charge in [-0.05, 0) is 128 Å². The molecule has 62 heavy (non-hydrogen) atoms. The van der Waals surface area contributed by atoms with Gasteiger partial charge in [0.25, 0.3) is 0 Å². The van der Waals surface area contributed by atoms with E-state index < -0.39 is 64.8 Å². The number of nitrogens with zero attached hydrogens (tertiary/aromatic N) is 1. The van der Waals surface area contributed by atoms with Crippen molar-refractivity contribution in [3.05, 3.63) is 156 Å². The molecule has 0 aliphatic heterocycles. The van der Waals surface area contributed by atoms with Gasteiger partial charge in [-0.1, -0.05) is 29.8 Å². The fraction of sp³-hybridized carbons (Fsp3) is 0.163. The van der Waals surface area contributed by atoms with Crippen LogP contribution in [0.4, 0.5) is 0 Å². The summed E-state index contributed by atoms with van der Waals surface area (Å²) < 4.78 is 159. The van der Waals surface area contributed by atoms with Crippen molar-refractivity contribution in [2.24, 2.45) is 0 Å². The van der Waals surface area contributed by atoms with Gasteiger partial charge in [-0.2, -0.15) is 0 Å². The summed E-state index contributed by atoms with van der Waals surface area (Å²) in [6.07, 6.45) is 0.989. The summed E-state index contributed by atoms with van der Waals surface area (Å²) >= 11 is 0. The molecule has 0 saturated heterocycles. The Bertz CT molecular complexity index is 3360. The van der Waals surface area contributed by atoms with Crippen LogP contribution in [0.1, 0.15) is 16.7 Å². The summed E-state index contributed by atoms with van der Waals surface area (Å²) in [6, 6.07) is 29.0. The van der Waals surface area contributed by atoms with Crippen LogP contribution in [0.2, 0.25) is 0 Å². The number of rotatable bonds is 14. The lowest BCUT2D eigenvalue weighted by atomic mass is 10.2. The predicted octanol–water partition coefficient (Wildman–Crippen LogP) is 5.91.